The van der Waals surface area contributed by atoms with Crippen molar-refractivity contribution in [3.63, 3.8) is 0 Å². The lowest BCUT2D eigenvalue weighted by atomic mass is 10.1. The molecule has 1 aliphatic rings. The van der Waals surface area contributed by atoms with Crippen molar-refractivity contribution in [2.45, 2.75) is 32.6 Å². The van der Waals surface area contributed by atoms with Crippen LogP contribution in [0.25, 0.3) is 10.1 Å². The number of hydrogen-bond donors (Lipinski definition) is 0. The Labute approximate surface area is 134 Å². The van der Waals surface area contributed by atoms with Crippen LogP contribution < -0.4 is 0 Å². The van der Waals surface area contributed by atoms with Crippen LogP contribution in [-0.2, 0) is 16.1 Å². The normalized spacial score (nSPS) is 22.2. The molecule has 0 unspecified atom stereocenters. The third-order valence-corrected chi connectivity index (χ3v) is 5.25. The maximum Gasteiger partial charge on any atom is 0.264 e. The summed E-state index contributed by atoms with van der Waals surface area (Å²) in [6.45, 7) is 5.73. The minimum Gasteiger partial charge on any atom is -0.380 e. The van der Waals surface area contributed by atoms with E-state index in [-0.39, 0.29) is 18.1 Å². The molecule has 0 spiro atoms. The zero-order valence-electron chi connectivity index (χ0n) is 13.2. The maximum absolute atomic E-state index is 13.0. The van der Waals surface area contributed by atoms with E-state index in [1.807, 2.05) is 30.9 Å². The molecule has 1 amide bonds. The first-order chi connectivity index (χ1) is 10.6. The molecular weight excluding hydrogens is 298 g/mol. The van der Waals surface area contributed by atoms with Crippen molar-refractivity contribution in [3.05, 3.63) is 34.7 Å². The first kappa shape index (κ1) is 15.5. The second-order valence-corrected chi connectivity index (χ2v) is 6.84. The van der Waals surface area contributed by atoms with Crippen LogP contribution in [0.3, 0.4) is 0 Å². The van der Waals surface area contributed by atoms with Gasteiger partial charge in [0.2, 0.25) is 0 Å². The van der Waals surface area contributed by atoms with E-state index >= 15 is 0 Å². The van der Waals surface area contributed by atoms with E-state index in [2.05, 4.69) is 12.1 Å². The maximum atomic E-state index is 13.0. The Balaban J connectivity index is 2.01. The number of carbonyl (C=O) groups excluding carboxylic acids is 1. The standard InChI is InChI=1S/C17H21NO3S/c1-11-9-21-12(2)8-18(11)17(19)16-14(10-20-3)13-6-4-5-7-15(13)22-16/h4-7,11-12H,8-10H2,1-3H3/t11-,12-/m1/s1. The SMILES string of the molecule is COCc1c(C(=O)N2C[C@@H](C)OC[C@H]2C)sc2ccccc12. The van der Waals surface area contributed by atoms with Crippen LogP contribution >= 0.6 is 11.3 Å². The molecule has 0 aliphatic carbocycles. The fourth-order valence-electron chi connectivity index (χ4n) is 2.88. The predicted molar refractivity (Wildman–Crippen MR) is 88.5 cm³/mol. The molecule has 1 aromatic heterocycles. The highest BCUT2D eigenvalue weighted by Gasteiger charge is 2.31. The summed E-state index contributed by atoms with van der Waals surface area (Å²) in [5.41, 5.74) is 0.999. The molecule has 2 heterocycles. The molecule has 3 rings (SSSR count). The van der Waals surface area contributed by atoms with Crippen molar-refractivity contribution in [2.75, 3.05) is 20.3 Å². The number of thiophene rings is 1. The summed E-state index contributed by atoms with van der Waals surface area (Å²) in [4.78, 5) is 15.8. The van der Waals surface area contributed by atoms with E-state index in [1.54, 1.807) is 18.4 Å². The molecule has 1 saturated heterocycles. The van der Waals surface area contributed by atoms with Gasteiger partial charge >= 0.3 is 0 Å². The summed E-state index contributed by atoms with van der Waals surface area (Å²) in [5, 5.41) is 1.12. The van der Waals surface area contributed by atoms with Gasteiger partial charge in [0.15, 0.2) is 0 Å². The van der Waals surface area contributed by atoms with Crippen LogP contribution in [0.4, 0.5) is 0 Å². The Morgan fingerprint density at radius 1 is 1.41 bits per heavy atom. The van der Waals surface area contributed by atoms with Crippen LogP contribution in [0.5, 0.6) is 0 Å². The minimum absolute atomic E-state index is 0.0837. The third kappa shape index (κ3) is 2.76. The lowest BCUT2D eigenvalue weighted by Crippen LogP contribution is -2.50. The Morgan fingerprint density at radius 2 is 2.18 bits per heavy atom. The molecule has 22 heavy (non-hydrogen) atoms. The average molecular weight is 319 g/mol. The van der Waals surface area contributed by atoms with E-state index in [0.29, 0.717) is 19.8 Å². The van der Waals surface area contributed by atoms with Gasteiger partial charge in [0, 0.05) is 23.9 Å². The highest BCUT2D eigenvalue weighted by Crippen LogP contribution is 2.33. The third-order valence-electron chi connectivity index (χ3n) is 4.05. The molecule has 1 aromatic carbocycles. The number of carbonyl (C=O) groups is 1. The average Bonchev–Trinajstić information content (AvgIpc) is 2.88. The van der Waals surface area contributed by atoms with Gasteiger partial charge in [0.1, 0.15) is 0 Å². The van der Waals surface area contributed by atoms with Crippen molar-refractivity contribution in [2.24, 2.45) is 0 Å². The van der Waals surface area contributed by atoms with Crippen LogP contribution in [0, 0.1) is 0 Å². The highest BCUT2D eigenvalue weighted by molar-refractivity contribution is 7.21. The lowest BCUT2D eigenvalue weighted by Gasteiger charge is -2.36. The van der Waals surface area contributed by atoms with Crippen LogP contribution in [0.15, 0.2) is 24.3 Å². The van der Waals surface area contributed by atoms with Crippen molar-refractivity contribution in [1.82, 2.24) is 4.90 Å². The minimum atomic E-state index is 0.0837. The molecule has 2 atom stereocenters. The number of ether oxygens (including phenoxy) is 2. The number of fused-ring (bicyclic) bond motifs is 1. The number of morpholine rings is 1. The fraction of sp³-hybridized carbons (Fsp3) is 0.471. The van der Waals surface area contributed by atoms with Gasteiger partial charge in [-0.1, -0.05) is 18.2 Å². The summed E-state index contributed by atoms with van der Waals surface area (Å²) in [6.07, 6.45) is 0.0837. The summed E-state index contributed by atoms with van der Waals surface area (Å²) < 4.78 is 12.1. The molecule has 5 heteroatoms. The quantitative estimate of drug-likeness (QED) is 0.871. The zero-order chi connectivity index (χ0) is 15.7. The molecular formula is C17H21NO3S. The summed E-state index contributed by atoms with van der Waals surface area (Å²) in [5.74, 6) is 0.0934. The van der Waals surface area contributed by atoms with E-state index in [4.69, 9.17) is 9.47 Å². The molecule has 1 fully saturated rings. The topological polar surface area (TPSA) is 38.8 Å². The molecule has 0 saturated carbocycles. The largest absolute Gasteiger partial charge is 0.380 e. The summed E-state index contributed by atoms with van der Waals surface area (Å²) in [7, 11) is 1.67. The predicted octanol–water partition coefficient (Wildman–Crippen LogP) is 3.30. The number of hydrogen-bond acceptors (Lipinski definition) is 4. The summed E-state index contributed by atoms with van der Waals surface area (Å²) >= 11 is 1.56. The Morgan fingerprint density at radius 3 is 2.95 bits per heavy atom. The van der Waals surface area contributed by atoms with Gasteiger partial charge in [-0.2, -0.15) is 0 Å². The molecule has 4 nitrogen and oxygen atoms in total. The molecule has 2 aromatic rings. The molecule has 0 N–H and O–H groups in total. The molecule has 0 bridgehead atoms. The van der Waals surface area contributed by atoms with Crippen LogP contribution in [0.2, 0.25) is 0 Å². The van der Waals surface area contributed by atoms with E-state index in [1.165, 1.54) is 0 Å². The molecule has 0 radical (unpaired) electrons. The highest BCUT2D eigenvalue weighted by atomic mass is 32.1. The van der Waals surface area contributed by atoms with Crippen molar-refractivity contribution in [3.8, 4) is 0 Å². The Bertz CT molecular complexity index is 682. The molecule has 118 valence electrons. The fourth-order valence-corrected chi connectivity index (χ4v) is 4.04. The van der Waals surface area contributed by atoms with Gasteiger partial charge in [0.25, 0.3) is 5.91 Å². The smallest absolute Gasteiger partial charge is 0.264 e. The van der Waals surface area contributed by atoms with E-state index < -0.39 is 0 Å². The first-order valence-electron chi connectivity index (χ1n) is 7.53. The Hall–Kier alpha value is -1.43. The van der Waals surface area contributed by atoms with Gasteiger partial charge in [-0.25, -0.2) is 0 Å². The monoisotopic (exact) mass is 319 g/mol. The van der Waals surface area contributed by atoms with E-state index in [9.17, 15) is 4.79 Å². The van der Waals surface area contributed by atoms with Crippen molar-refractivity contribution >= 4 is 27.3 Å². The zero-order valence-corrected chi connectivity index (χ0v) is 14.0. The number of benzene rings is 1. The van der Waals surface area contributed by atoms with Gasteiger partial charge < -0.3 is 14.4 Å². The first-order valence-corrected chi connectivity index (χ1v) is 8.35. The number of methoxy groups -OCH3 is 1. The van der Waals surface area contributed by atoms with Crippen molar-refractivity contribution < 1.29 is 14.3 Å². The Kier molecular flexibility index (Phi) is 4.47. The van der Waals surface area contributed by atoms with Gasteiger partial charge in [-0.3, -0.25) is 4.79 Å². The number of rotatable bonds is 3. The second-order valence-electron chi connectivity index (χ2n) is 5.79. The van der Waals surface area contributed by atoms with Crippen molar-refractivity contribution in [1.29, 1.82) is 0 Å². The van der Waals surface area contributed by atoms with Gasteiger partial charge in [0.05, 0.1) is 30.2 Å². The van der Waals surface area contributed by atoms with Crippen LogP contribution in [0.1, 0.15) is 29.1 Å². The number of nitrogens with zero attached hydrogens (tertiary/aromatic N) is 1. The number of amides is 1. The lowest BCUT2D eigenvalue weighted by molar-refractivity contribution is -0.0386. The van der Waals surface area contributed by atoms with Gasteiger partial charge in [-0.05, 0) is 25.3 Å². The summed E-state index contributed by atoms with van der Waals surface area (Å²) in [6, 6.07) is 8.22. The molecule has 1 aliphatic heterocycles. The van der Waals surface area contributed by atoms with Crippen LogP contribution in [-0.4, -0.2) is 43.2 Å². The van der Waals surface area contributed by atoms with E-state index in [0.717, 1.165) is 20.5 Å². The van der Waals surface area contributed by atoms with Gasteiger partial charge in [-0.15, -0.1) is 11.3 Å². The second kappa shape index (κ2) is 6.36.